The van der Waals surface area contributed by atoms with E-state index < -0.39 is 12.0 Å². The molecule has 0 saturated heterocycles. The molecule has 4 rings (SSSR count). The Morgan fingerprint density at radius 1 is 0.862 bits per heavy atom. The van der Waals surface area contributed by atoms with E-state index in [2.05, 4.69) is 36.2 Å². The number of nitrogens with zero attached hydrogens (tertiary/aromatic N) is 3. The van der Waals surface area contributed by atoms with E-state index in [-0.39, 0.29) is 11.3 Å². The number of anilines is 2. The third-order valence-corrected chi connectivity index (χ3v) is 4.78. The fraction of sp³-hybridized carbons (Fsp3) is 0.0952. The quantitative estimate of drug-likeness (QED) is 0.398. The maximum absolute atomic E-state index is 13.2. The van der Waals surface area contributed by atoms with E-state index in [1.165, 1.54) is 6.07 Å². The molecule has 146 valence electrons. The number of aromatic nitrogens is 3. The zero-order valence-corrected chi connectivity index (χ0v) is 16.5. The summed E-state index contributed by atoms with van der Waals surface area (Å²) in [5.74, 6) is -1.07. The molecule has 2 heterocycles. The van der Waals surface area contributed by atoms with Gasteiger partial charge in [0, 0.05) is 27.9 Å². The number of hydrogen-bond acceptors (Lipinski definition) is 4. The molecule has 0 aliphatic carbocycles. The number of nitrogens with one attached hydrogen (secondary N) is 1. The molecular formula is C21H14BrF3N4. The fourth-order valence-corrected chi connectivity index (χ4v) is 3.26. The van der Waals surface area contributed by atoms with Gasteiger partial charge in [-0.25, -0.2) is 9.97 Å². The number of hydrogen-bond donors (Lipinski definition) is 1. The summed E-state index contributed by atoms with van der Waals surface area (Å²) in [6.45, 7) is 0. The summed E-state index contributed by atoms with van der Waals surface area (Å²) >= 11 is 3.34. The van der Waals surface area contributed by atoms with Gasteiger partial charge in [-0.15, -0.1) is 0 Å². The van der Waals surface area contributed by atoms with Gasteiger partial charge in [0.25, 0.3) is 0 Å². The van der Waals surface area contributed by atoms with Crippen molar-refractivity contribution in [3.05, 3.63) is 88.4 Å². The van der Waals surface area contributed by atoms with E-state index in [9.17, 15) is 13.2 Å². The zero-order valence-electron chi connectivity index (χ0n) is 14.9. The molecule has 0 aliphatic heterocycles. The van der Waals surface area contributed by atoms with Gasteiger partial charge < -0.3 is 5.32 Å². The molecule has 4 aromatic rings. The lowest BCUT2D eigenvalue weighted by Gasteiger charge is -2.13. The number of benzene rings is 2. The van der Waals surface area contributed by atoms with Crippen molar-refractivity contribution in [1.29, 1.82) is 0 Å². The maximum Gasteiger partial charge on any atom is 0.451 e. The number of halogens is 4. The molecule has 2 aromatic heterocycles. The summed E-state index contributed by atoms with van der Waals surface area (Å²) in [4.78, 5) is 11.4. The first-order valence-electron chi connectivity index (χ1n) is 8.68. The highest BCUT2D eigenvalue weighted by atomic mass is 79.9. The van der Waals surface area contributed by atoms with Crippen molar-refractivity contribution in [2.45, 2.75) is 12.6 Å². The topological polar surface area (TPSA) is 50.7 Å². The fourth-order valence-electron chi connectivity index (χ4n) is 2.90. The predicted octanol–water partition coefficient (Wildman–Crippen LogP) is 6.14. The second-order valence-electron chi connectivity index (χ2n) is 6.41. The maximum atomic E-state index is 13.2. The number of rotatable bonds is 4. The van der Waals surface area contributed by atoms with E-state index >= 15 is 0 Å². The van der Waals surface area contributed by atoms with Crippen LogP contribution in [0.25, 0.3) is 10.9 Å². The molecule has 0 amide bonds. The van der Waals surface area contributed by atoms with Gasteiger partial charge >= 0.3 is 6.18 Å². The summed E-state index contributed by atoms with van der Waals surface area (Å²) in [5, 5.41) is 3.49. The predicted molar refractivity (Wildman–Crippen MR) is 109 cm³/mol. The van der Waals surface area contributed by atoms with Gasteiger partial charge in [0.15, 0.2) is 0 Å². The van der Waals surface area contributed by atoms with E-state index in [1.54, 1.807) is 24.5 Å². The summed E-state index contributed by atoms with van der Waals surface area (Å²) in [7, 11) is 0. The molecule has 4 nitrogen and oxygen atoms in total. The van der Waals surface area contributed by atoms with Crippen LogP contribution in [-0.4, -0.2) is 15.0 Å². The van der Waals surface area contributed by atoms with Crippen molar-refractivity contribution in [3.63, 3.8) is 0 Å². The van der Waals surface area contributed by atoms with Gasteiger partial charge in [-0.2, -0.15) is 13.2 Å². The standard InChI is InChI=1S/C21H14BrF3N4/c22-15-3-6-18-17(12-15)19(29-20(28-18)21(23,24)25)27-16-4-1-13(2-5-16)11-14-7-9-26-10-8-14/h1-10,12H,11H2,(H,27,28,29). The molecule has 0 radical (unpaired) electrons. The first-order chi connectivity index (χ1) is 13.9. The highest BCUT2D eigenvalue weighted by Gasteiger charge is 2.35. The van der Waals surface area contributed by atoms with Gasteiger partial charge in [0.2, 0.25) is 5.82 Å². The molecule has 29 heavy (non-hydrogen) atoms. The van der Waals surface area contributed by atoms with Gasteiger partial charge in [0.1, 0.15) is 5.82 Å². The number of alkyl halides is 3. The Hall–Kier alpha value is -3.00. The molecule has 0 unspecified atom stereocenters. The van der Waals surface area contributed by atoms with E-state index in [0.29, 0.717) is 11.1 Å². The Morgan fingerprint density at radius 3 is 2.24 bits per heavy atom. The van der Waals surface area contributed by atoms with Crippen LogP contribution in [0.4, 0.5) is 24.7 Å². The molecule has 0 saturated carbocycles. The minimum Gasteiger partial charge on any atom is -0.340 e. The van der Waals surface area contributed by atoms with Crippen LogP contribution in [0, 0.1) is 0 Å². The van der Waals surface area contributed by atoms with Crippen LogP contribution in [0.2, 0.25) is 0 Å². The largest absolute Gasteiger partial charge is 0.451 e. The molecular weight excluding hydrogens is 445 g/mol. The van der Waals surface area contributed by atoms with Crippen LogP contribution >= 0.6 is 15.9 Å². The van der Waals surface area contributed by atoms with Gasteiger partial charge in [-0.05, 0) is 60.0 Å². The van der Waals surface area contributed by atoms with Gasteiger partial charge in [-0.3, -0.25) is 4.98 Å². The van der Waals surface area contributed by atoms with E-state index in [1.807, 2.05) is 36.4 Å². The van der Waals surface area contributed by atoms with Crippen LogP contribution in [0.1, 0.15) is 17.0 Å². The van der Waals surface area contributed by atoms with Crippen molar-refractivity contribution in [2.24, 2.45) is 0 Å². The lowest BCUT2D eigenvalue weighted by atomic mass is 10.1. The van der Waals surface area contributed by atoms with Gasteiger partial charge in [-0.1, -0.05) is 28.1 Å². The summed E-state index contributed by atoms with van der Waals surface area (Å²) < 4.78 is 40.3. The van der Waals surface area contributed by atoms with Crippen LogP contribution in [-0.2, 0) is 12.6 Å². The SMILES string of the molecule is FC(F)(F)c1nc(Nc2ccc(Cc3ccncc3)cc2)c2cc(Br)ccc2n1. The highest BCUT2D eigenvalue weighted by molar-refractivity contribution is 9.10. The third kappa shape index (κ3) is 4.54. The molecule has 8 heteroatoms. The summed E-state index contributed by atoms with van der Waals surface area (Å²) in [6.07, 6.45) is -0.416. The van der Waals surface area contributed by atoms with Gasteiger partial charge in [0.05, 0.1) is 5.52 Å². The normalized spacial score (nSPS) is 11.6. The number of fused-ring (bicyclic) bond motifs is 1. The lowest BCUT2D eigenvalue weighted by Crippen LogP contribution is -2.12. The minimum atomic E-state index is -4.63. The van der Waals surface area contributed by atoms with Crippen molar-refractivity contribution < 1.29 is 13.2 Å². The summed E-state index contributed by atoms with van der Waals surface area (Å²) in [6, 6.07) is 16.2. The molecule has 0 spiro atoms. The van der Waals surface area contributed by atoms with Crippen LogP contribution in [0.3, 0.4) is 0 Å². The van der Waals surface area contributed by atoms with Crippen molar-refractivity contribution >= 4 is 38.3 Å². The Bertz CT molecular complexity index is 1150. The minimum absolute atomic E-state index is 0.102. The highest BCUT2D eigenvalue weighted by Crippen LogP contribution is 2.32. The number of pyridine rings is 1. The Morgan fingerprint density at radius 2 is 1.55 bits per heavy atom. The molecule has 0 atom stereocenters. The van der Waals surface area contributed by atoms with Crippen LogP contribution < -0.4 is 5.32 Å². The Labute approximate surface area is 173 Å². The van der Waals surface area contributed by atoms with E-state index in [0.717, 1.165) is 22.0 Å². The van der Waals surface area contributed by atoms with Crippen molar-refractivity contribution in [2.75, 3.05) is 5.32 Å². The van der Waals surface area contributed by atoms with Crippen molar-refractivity contribution in [1.82, 2.24) is 15.0 Å². The second-order valence-corrected chi connectivity index (χ2v) is 7.32. The lowest BCUT2D eigenvalue weighted by molar-refractivity contribution is -0.144. The Kier molecular flexibility index (Phi) is 5.19. The molecule has 1 N–H and O–H groups in total. The first kappa shape index (κ1) is 19.3. The zero-order chi connectivity index (χ0) is 20.4. The smallest absolute Gasteiger partial charge is 0.340 e. The monoisotopic (exact) mass is 458 g/mol. The average molecular weight is 459 g/mol. The van der Waals surface area contributed by atoms with Crippen molar-refractivity contribution in [3.8, 4) is 0 Å². The molecule has 0 bridgehead atoms. The molecule has 0 fully saturated rings. The summed E-state index contributed by atoms with van der Waals surface area (Å²) in [5.41, 5.74) is 3.05. The Balaban J connectivity index is 1.65. The molecule has 2 aromatic carbocycles. The van der Waals surface area contributed by atoms with E-state index in [4.69, 9.17) is 0 Å². The second kappa shape index (κ2) is 7.79. The first-order valence-corrected chi connectivity index (χ1v) is 9.47. The average Bonchev–Trinajstić information content (AvgIpc) is 2.70. The van der Waals surface area contributed by atoms with Crippen LogP contribution in [0.5, 0.6) is 0 Å². The van der Waals surface area contributed by atoms with Crippen LogP contribution in [0.15, 0.2) is 71.5 Å². The third-order valence-electron chi connectivity index (χ3n) is 4.29. The molecule has 0 aliphatic rings.